The lowest BCUT2D eigenvalue weighted by Gasteiger charge is -2.09. The molecule has 0 saturated heterocycles. The highest BCUT2D eigenvalue weighted by Crippen LogP contribution is 2.15. The third-order valence-corrected chi connectivity index (χ3v) is 4.39. The molecule has 0 saturated carbocycles. The third kappa shape index (κ3) is 4.88. The molecule has 0 atom stereocenters. The van der Waals surface area contributed by atoms with Gasteiger partial charge >= 0.3 is 11.8 Å². The maximum atomic E-state index is 12.3. The van der Waals surface area contributed by atoms with Crippen molar-refractivity contribution >= 4 is 29.2 Å². The van der Waals surface area contributed by atoms with Crippen LogP contribution in [0.2, 0.25) is 5.02 Å². The first-order chi connectivity index (χ1) is 13.9. The fourth-order valence-corrected chi connectivity index (χ4v) is 2.80. The number of nitrogens with zero attached hydrogens (tertiary/aromatic N) is 3. The predicted octanol–water partition coefficient (Wildman–Crippen LogP) is 1.73. The van der Waals surface area contributed by atoms with Crippen molar-refractivity contribution in [1.29, 1.82) is 0 Å². The number of rotatable bonds is 5. The molecule has 0 spiro atoms. The SMILES string of the molecule is CCc1cc(=O)[nH]c(-n2nc(C)cc2NC(=O)C(=O)NCc2ccccc2Cl)n1. The number of H-pyrrole nitrogens is 1. The maximum Gasteiger partial charge on any atom is 0.314 e. The molecule has 0 unspecified atom stereocenters. The van der Waals surface area contributed by atoms with Crippen LogP contribution in [0.5, 0.6) is 0 Å². The van der Waals surface area contributed by atoms with E-state index in [1.165, 1.54) is 10.7 Å². The van der Waals surface area contributed by atoms with Gasteiger partial charge in [0.05, 0.1) is 5.69 Å². The van der Waals surface area contributed by atoms with Crippen molar-refractivity contribution in [2.24, 2.45) is 0 Å². The summed E-state index contributed by atoms with van der Waals surface area (Å²) in [5.74, 6) is -1.36. The van der Waals surface area contributed by atoms with Gasteiger partial charge in [0.2, 0.25) is 5.95 Å². The monoisotopic (exact) mass is 414 g/mol. The van der Waals surface area contributed by atoms with E-state index < -0.39 is 11.8 Å². The number of benzene rings is 1. The highest BCUT2D eigenvalue weighted by Gasteiger charge is 2.18. The van der Waals surface area contributed by atoms with E-state index in [-0.39, 0.29) is 23.9 Å². The number of aromatic nitrogens is 4. The normalized spacial score (nSPS) is 10.6. The second kappa shape index (κ2) is 8.70. The van der Waals surface area contributed by atoms with E-state index in [0.717, 1.165) is 0 Å². The lowest BCUT2D eigenvalue weighted by Crippen LogP contribution is -2.35. The quantitative estimate of drug-likeness (QED) is 0.549. The molecule has 3 rings (SSSR count). The number of anilines is 1. The number of hydrogen-bond acceptors (Lipinski definition) is 5. The summed E-state index contributed by atoms with van der Waals surface area (Å²) in [6, 6.07) is 9.96. The molecular formula is C19H19ClN6O3. The van der Waals surface area contributed by atoms with Crippen LogP contribution >= 0.6 is 11.6 Å². The maximum absolute atomic E-state index is 12.3. The molecule has 0 fully saturated rings. The van der Waals surface area contributed by atoms with Gasteiger partial charge in [-0.05, 0) is 25.0 Å². The van der Waals surface area contributed by atoms with Gasteiger partial charge in [0.15, 0.2) is 0 Å². The van der Waals surface area contributed by atoms with Crippen molar-refractivity contribution in [1.82, 2.24) is 25.1 Å². The fraction of sp³-hybridized carbons (Fsp3) is 0.211. The minimum atomic E-state index is -0.882. The number of aryl methyl sites for hydroxylation is 2. The number of carbonyl (C=O) groups excluding carboxylic acids is 2. The molecule has 9 nitrogen and oxygen atoms in total. The molecule has 3 N–H and O–H groups in total. The van der Waals surface area contributed by atoms with Crippen LogP contribution in [0, 0.1) is 6.92 Å². The predicted molar refractivity (Wildman–Crippen MR) is 108 cm³/mol. The summed E-state index contributed by atoms with van der Waals surface area (Å²) in [5.41, 5.74) is 1.50. The van der Waals surface area contributed by atoms with Crippen LogP contribution in [0.1, 0.15) is 23.9 Å². The number of carbonyl (C=O) groups is 2. The van der Waals surface area contributed by atoms with Crippen LogP contribution in [0.4, 0.5) is 5.82 Å². The van der Waals surface area contributed by atoms with Crippen LogP contribution in [-0.2, 0) is 22.6 Å². The molecule has 3 aromatic rings. The van der Waals surface area contributed by atoms with E-state index in [0.29, 0.717) is 28.4 Å². The van der Waals surface area contributed by atoms with E-state index in [2.05, 4.69) is 25.7 Å². The zero-order chi connectivity index (χ0) is 21.0. The molecule has 0 bridgehead atoms. The highest BCUT2D eigenvalue weighted by molar-refractivity contribution is 6.39. The van der Waals surface area contributed by atoms with Crippen molar-refractivity contribution in [3.63, 3.8) is 0 Å². The lowest BCUT2D eigenvalue weighted by molar-refractivity contribution is -0.136. The lowest BCUT2D eigenvalue weighted by atomic mass is 10.2. The van der Waals surface area contributed by atoms with Crippen LogP contribution in [0.25, 0.3) is 5.95 Å². The fourth-order valence-electron chi connectivity index (χ4n) is 2.60. The summed E-state index contributed by atoms with van der Waals surface area (Å²) in [5, 5.41) is 9.73. The molecule has 10 heteroatoms. The molecule has 29 heavy (non-hydrogen) atoms. The highest BCUT2D eigenvalue weighted by atomic mass is 35.5. The largest absolute Gasteiger partial charge is 0.344 e. The minimum Gasteiger partial charge on any atom is -0.344 e. The van der Waals surface area contributed by atoms with Gasteiger partial charge in [0.1, 0.15) is 5.82 Å². The Kier molecular flexibility index (Phi) is 6.08. The zero-order valence-electron chi connectivity index (χ0n) is 15.8. The van der Waals surface area contributed by atoms with Crippen molar-refractivity contribution in [3.05, 3.63) is 68.7 Å². The van der Waals surface area contributed by atoms with Crippen molar-refractivity contribution < 1.29 is 9.59 Å². The van der Waals surface area contributed by atoms with Gasteiger partial charge in [0.25, 0.3) is 5.56 Å². The Morgan fingerprint density at radius 1 is 1.21 bits per heavy atom. The van der Waals surface area contributed by atoms with Crippen molar-refractivity contribution in [3.8, 4) is 5.95 Å². The molecule has 0 aliphatic rings. The Bertz CT molecular complexity index is 1120. The van der Waals surface area contributed by atoms with Crippen LogP contribution in [0.3, 0.4) is 0 Å². The number of halogens is 1. The first kappa shape index (κ1) is 20.3. The van der Waals surface area contributed by atoms with Crippen LogP contribution in [-0.4, -0.2) is 31.6 Å². The van der Waals surface area contributed by atoms with Gasteiger partial charge in [-0.1, -0.05) is 36.7 Å². The number of aromatic amines is 1. The smallest absolute Gasteiger partial charge is 0.314 e. The van der Waals surface area contributed by atoms with Gasteiger partial charge in [0, 0.05) is 29.4 Å². The number of amides is 2. The number of nitrogens with one attached hydrogen (secondary N) is 3. The van der Waals surface area contributed by atoms with E-state index in [9.17, 15) is 14.4 Å². The summed E-state index contributed by atoms with van der Waals surface area (Å²) in [7, 11) is 0. The third-order valence-electron chi connectivity index (χ3n) is 4.02. The minimum absolute atomic E-state index is 0.109. The molecule has 0 aliphatic carbocycles. The number of hydrogen-bond donors (Lipinski definition) is 3. The Morgan fingerprint density at radius 3 is 2.69 bits per heavy atom. The topological polar surface area (TPSA) is 122 Å². The summed E-state index contributed by atoms with van der Waals surface area (Å²) in [6.07, 6.45) is 0.559. The van der Waals surface area contributed by atoms with Crippen molar-refractivity contribution in [2.75, 3.05) is 5.32 Å². The van der Waals surface area contributed by atoms with Gasteiger partial charge in [-0.2, -0.15) is 9.78 Å². The van der Waals surface area contributed by atoms with Gasteiger partial charge in [-0.25, -0.2) is 4.98 Å². The Morgan fingerprint density at radius 2 is 1.97 bits per heavy atom. The van der Waals surface area contributed by atoms with Gasteiger partial charge in [-0.3, -0.25) is 19.4 Å². The van der Waals surface area contributed by atoms with Crippen LogP contribution in [0.15, 0.2) is 41.2 Å². The first-order valence-electron chi connectivity index (χ1n) is 8.87. The molecule has 150 valence electrons. The average Bonchev–Trinajstić information content (AvgIpc) is 3.06. The second-order valence-electron chi connectivity index (χ2n) is 6.22. The Hall–Kier alpha value is -3.46. The molecule has 1 aromatic carbocycles. The molecular weight excluding hydrogens is 396 g/mol. The second-order valence-corrected chi connectivity index (χ2v) is 6.63. The summed E-state index contributed by atoms with van der Waals surface area (Å²) in [4.78, 5) is 43.2. The molecule has 0 radical (unpaired) electrons. The molecule has 0 aliphatic heterocycles. The molecule has 2 heterocycles. The molecule has 2 aromatic heterocycles. The zero-order valence-corrected chi connectivity index (χ0v) is 16.6. The summed E-state index contributed by atoms with van der Waals surface area (Å²) >= 11 is 6.05. The summed E-state index contributed by atoms with van der Waals surface area (Å²) < 4.78 is 1.27. The van der Waals surface area contributed by atoms with Gasteiger partial charge in [-0.15, -0.1) is 0 Å². The molecule has 2 amide bonds. The standard InChI is InChI=1S/C19H19ClN6O3/c1-3-13-9-16(27)24-19(22-13)26-15(8-11(2)25-26)23-18(29)17(28)21-10-12-6-4-5-7-14(12)20/h4-9H,3,10H2,1-2H3,(H,21,28)(H,23,29)(H,22,24,27). The van der Waals surface area contributed by atoms with E-state index in [1.54, 1.807) is 37.3 Å². The Balaban J connectivity index is 1.76. The van der Waals surface area contributed by atoms with Crippen molar-refractivity contribution in [2.45, 2.75) is 26.8 Å². The Labute approximate surface area is 171 Å². The van der Waals surface area contributed by atoms with Crippen LogP contribution < -0.4 is 16.2 Å². The first-order valence-corrected chi connectivity index (χ1v) is 9.25. The van der Waals surface area contributed by atoms with E-state index >= 15 is 0 Å². The van der Waals surface area contributed by atoms with E-state index in [4.69, 9.17) is 11.6 Å². The van der Waals surface area contributed by atoms with Gasteiger partial charge < -0.3 is 10.6 Å². The average molecular weight is 415 g/mol. The van der Waals surface area contributed by atoms with E-state index in [1.807, 2.05) is 6.92 Å². The summed E-state index contributed by atoms with van der Waals surface area (Å²) in [6.45, 7) is 3.69.